The summed E-state index contributed by atoms with van der Waals surface area (Å²) in [6, 6.07) is 8.69. The number of sulfonamides is 1. The summed E-state index contributed by atoms with van der Waals surface area (Å²) < 4.78 is 40.5. The van der Waals surface area contributed by atoms with Crippen molar-refractivity contribution in [2.75, 3.05) is 11.9 Å². The van der Waals surface area contributed by atoms with E-state index in [1.807, 2.05) is 4.72 Å². The fourth-order valence-electron chi connectivity index (χ4n) is 4.19. The molecule has 3 aromatic heterocycles. The van der Waals surface area contributed by atoms with Crippen LogP contribution in [0.3, 0.4) is 0 Å². The first-order chi connectivity index (χ1) is 20.4. The van der Waals surface area contributed by atoms with Gasteiger partial charge in [0.15, 0.2) is 10.8 Å². The number of hydrogen-bond acceptors (Lipinski definition) is 10. The Morgan fingerprint density at radius 3 is 2.30 bits per heavy atom. The summed E-state index contributed by atoms with van der Waals surface area (Å²) in [5, 5.41) is 9.16. The predicted octanol–water partition coefficient (Wildman–Crippen LogP) is 5.02. The lowest BCUT2D eigenvalue weighted by Gasteiger charge is -2.24. The van der Waals surface area contributed by atoms with Gasteiger partial charge in [-0.3, -0.25) is 4.79 Å². The molecule has 0 aliphatic rings. The molecule has 13 nitrogen and oxygen atoms in total. The lowest BCUT2D eigenvalue weighted by molar-refractivity contribution is 0.0514. The topological polar surface area (TPSA) is 166 Å². The number of ether oxygens (including phenoxy) is 2. The van der Waals surface area contributed by atoms with E-state index in [9.17, 15) is 18.0 Å². The maximum atomic E-state index is 13.0. The molecule has 0 aliphatic carbocycles. The number of aromatic nitrogens is 4. The average Bonchev–Trinajstić information content (AvgIpc) is 3.36. The minimum Gasteiger partial charge on any atom is -0.476 e. The summed E-state index contributed by atoms with van der Waals surface area (Å²) in [6.45, 7) is 16.0. The lowest BCUT2D eigenvalue weighted by atomic mass is 9.86. The first-order valence-corrected chi connectivity index (χ1v) is 16.0. The first kappa shape index (κ1) is 34.6. The van der Waals surface area contributed by atoms with E-state index in [0.29, 0.717) is 36.1 Å². The first-order valence-electron chi connectivity index (χ1n) is 14.1. The van der Waals surface area contributed by atoms with Gasteiger partial charge in [0.2, 0.25) is 5.88 Å². The molecule has 1 unspecified atom stereocenters. The number of halogens is 1. The van der Waals surface area contributed by atoms with Gasteiger partial charge in [-0.2, -0.15) is 8.42 Å². The van der Waals surface area contributed by atoms with Crippen LogP contribution in [-0.2, 0) is 14.8 Å². The molecule has 3 aromatic rings. The van der Waals surface area contributed by atoms with Gasteiger partial charge in [0, 0.05) is 12.3 Å². The van der Waals surface area contributed by atoms with Crippen LogP contribution in [0.1, 0.15) is 65.7 Å². The van der Waals surface area contributed by atoms with Crippen molar-refractivity contribution >= 4 is 39.4 Å². The molecule has 1 atom stereocenters. The smallest absolute Gasteiger partial charge is 0.409 e. The Labute approximate surface area is 263 Å². The third-order valence-electron chi connectivity index (χ3n) is 6.34. The van der Waals surface area contributed by atoms with Crippen LogP contribution in [0, 0.1) is 17.8 Å². The van der Waals surface area contributed by atoms with Gasteiger partial charge >= 0.3 is 6.09 Å². The van der Waals surface area contributed by atoms with Gasteiger partial charge < -0.3 is 20.1 Å². The molecule has 0 aliphatic heterocycles. The van der Waals surface area contributed by atoms with Crippen LogP contribution in [0.25, 0.3) is 5.82 Å². The number of carbonyl (C=O) groups is 2. The van der Waals surface area contributed by atoms with E-state index in [1.165, 1.54) is 35.0 Å². The highest BCUT2D eigenvalue weighted by molar-refractivity contribution is 7.90. The van der Waals surface area contributed by atoms with Crippen molar-refractivity contribution in [2.24, 2.45) is 17.8 Å². The fraction of sp³-hybridized carbons (Fsp3) is 0.483. The highest BCUT2D eigenvalue weighted by Crippen LogP contribution is 2.23. The van der Waals surface area contributed by atoms with E-state index in [4.69, 9.17) is 21.1 Å². The standard InChI is InChI=1S/C29H40ClN7O6S/c1-17(2)21(18(3)4)16-42-24-14-15-37(35-24)23-13-12-20(26(30)34-23)27(38)36-44(40,41)25-11-9-10-22(33-25)31-19(5)32-28(39)43-29(6,7)8/h9-15,17-19,21H,16H2,1-8H3,(H,31,33)(H,32,39)(H,36,38). The molecular weight excluding hydrogens is 610 g/mol. The second kappa shape index (κ2) is 14.2. The lowest BCUT2D eigenvalue weighted by Crippen LogP contribution is -2.41. The number of pyridine rings is 2. The van der Waals surface area contributed by atoms with Gasteiger partial charge in [0.25, 0.3) is 15.9 Å². The number of nitrogens with one attached hydrogen (secondary N) is 3. The van der Waals surface area contributed by atoms with Gasteiger partial charge in [0.1, 0.15) is 22.7 Å². The number of carbonyl (C=O) groups excluding carboxylic acids is 2. The molecule has 0 saturated heterocycles. The molecule has 15 heteroatoms. The average molecular weight is 650 g/mol. The Balaban J connectivity index is 1.66. The third kappa shape index (κ3) is 9.81. The highest BCUT2D eigenvalue weighted by atomic mass is 35.5. The summed E-state index contributed by atoms with van der Waals surface area (Å²) >= 11 is 6.28. The maximum absolute atomic E-state index is 13.0. The predicted molar refractivity (Wildman–Crippen MR) is 166 cm³/mol. The van der Waals surface area contributed by atoms with Gasteiger partial charge in [-0.05, 0) is 69.7 Å². The van der Waals surface area contributed by atoms with Crippen LogP contribution in [0.15, 0.2) is 47.6 Å². The van der Waals surface area contributed by atoms with Crippen LogP contribution < -0.4 is 20.1 Å². The molecule has 0 saturated carbocycles. The van der Waals surface area contributed by atoms with E-state index in [-0.39, 0.29) is 16.5 Å². The molecule has 0 fully saturated rings. The largest absolute Gasteiger partial charge is 0.476 e. The summed E-state index contributed by atoms with van der Waals surface area (Å²) in [5.74, 6) is 1.14. The Bertz CT molecular complexity index is 1560. The third-order valence-corrected chi connectivity index (χ3v) is 7.86. The van der Waals surface area contributed by atoms with Crippen LogP contribution in [0.5, 0.6) is 5.88 Å². The number of nitrogens with zero attached hydrogens (tertiary/aromatic N) is 4. The van der Waals surface area contributed by atoms with Crippen molar-refractivity contribution in [1.82, 2.24) is 29.8 Å². The van der Waals surface area contributed by atoms with E-state index < -0.39 is 38.8 Å². The number of rotatable bonds is 12. The Kier molecular flexibility index (Phi) is 11.2. The Morgan fingerprint density at radius 2 is 1.68 bits per heavy atom. The monoisotopic (exact) mass is 649 g/mol. The second-order valence-electron chi connectivity index (χ2n) is 11.9. The molecule has 0 radical (unpaired) electrons. The molecule has 3 heterocycles. The van der Waals surface area contributed by atoms with Gasteiger partial charge in [-0.15, -0.1) is 5.10 Å². The zero-order chi connectivity index (χ0) is 32.8. The van der Waals surface area contributed by atoms with E-state index in [0.717, 1.165) is 0 Å². The van der Waals surface area contributed by atoms with Crippen molar-refractivity contribution in [2.45, 2.75) is 72.2 Å². The summed E-state index contributed by atoms with van der Waals surface area (Å²) in [4.78, 5) is 33.2. The van der Waals surface area contributed by atoms with Gasteiger partial charge in [0.05, 0.1) is 12.2 Å². The molecule has 3 rings (SSSR count). The van der Waals surface area contributed by atoms with Crippen LogP contribution >= 0.6 is 11.6 Å². The molecule has 240 valence electrons. The number of alkyl carbamates (subject to hydrolysis) is 1. The fourth-order valence-corrected chi connectivity index (χ4v) is 5.36. The van der Waals surface area contributed by atoms with Crippen LogP contribution in [-0.4, -0.2) is 58.5 Å². The number of anilines is 1. The van der Waals surface area contributed by atoms with E-state index in [1.54, 1.807) is 40.0 Å². The van der Waals surface area contributed by atoms with E-state index >= 15 is 0 Å². The molecule has 3 N–H and O–H groups in total. The van der Waals surface area contributed by atoms with Crippen LogP contribution in [0.2, 0.25) is 5.15 Å². The Morgan fingerprint density at radius 1 is 1.00 bits per heavy atom. The van der Waals surface area contributed by atoms with Crippen molar-refractivity contribution in [3.05, 3.63) is 53.3 Å². The van der Waals surface area contributed by atoms with Crippen molar-refractivity contribution in [1.29, 1.82) is 0 Å². The molecule has 0 spiro atoms. The minimum atomic E-state index is -4.40. The highest BCUT2D eigenvalue weighted by Gasteiger charge is 2.24. The molecule has 2 amide bonds. The second-order valence-corrected chi connectivity index (χ2v) is 13.9. The van der Waals surface area contributed by atoms with E-state index in [2.05, 4.69) is 53.4 Å². The van der Waals surface area contributed by atoms with Crippen LogP contribution in [0.4, 0.5) is 10.6 Å². The van der Waals surface area contributed by atoms with Gasteiger partial charge in [-0.25, -0.2) is 24.2 Å². The van der Waals surface area contributed by atoms with Crippen molar-refractivity contribution in [3.63, 3.8) is 0 Å². The quantitative estimate of drug-likeness (QED) is 0.179. The maximum Gasteiger partial charge on any atom is 0.409 e. The van der Waals surface area contributed by atoms with Crippen molar-refractivity contribution < 1.29 is 27.5 Å². The molecule has 0 bridgehead atoms. The summed E-state index contributed by atoms with van der Waals surface area (Å²) in [7, 11) is -4.40. The SMILES string of the molecule is CC(NC(=O)OC(C)(C)C)Nc1cccc(S(=O)(=O)NC(=O)c2ccc(-n3ccc(OCC(C(C)C)C(C)C)n3)nc2Cl)n1. The summed E-state index contributed by atoms with van der Waals surface area (Å²) in [5.41, 5.74) is -0.849. The Hall–Kier alpha value is -3.91. The van der Waals surface area contributed by atoms with Crippen molar-refractivity contribution in [3.8, 4) is 11.7 Å². The number of amides is 2. The summed E-state index contributed by atoms with van der Waals surface area (Å²) in [6.07, 6.45) is 0.338. The zero-order valence-electron chi connectivity index (χ0n) is 26.1. The molecular formula is C29H40ClN7O6S. The molecule has 44 heavy (non-hydrogen) atoms. The molecule has 0 aromatic carbocycles. The van der Waals surface area contributed by atoms with Gasteiger partial charge in [-0.1, -0.05) is 45.4 Å². The number of hydrogen-bond donors (Lipinski definition) is 3. The normalized spacial score (nSPS) is 12.7. The minimum absolute atomic E-state index is 0.138. The zero-order valence-corrected chi connectivity index (χ0v) is 27.7.